The van der Waals surface area contributed by atoms with Crippen LogP contribution in [0.5, 0.6) is 5.75 Å². The topological polar surface area (TPSA) is 123 Å². The standard InChI is InChI=1S/C29H21N3O7/c1-18-8-10-20(11-9-18)31-28(34)24(27(33)30(29(31)35)19-6-4-3-5-7-19)17-22-13-15-26(39-22)23-16-21(32(36)37)12-14-25(23)38-2/h3-17H,1-2H3/b24-17+. The number of rotatable bonds is 6. The van der Waals surface area contributed by atoms with E-state index in [1.165, 1.54) is 37.5 Å². The number of methoxy groups -OCH3 is 1. The number of non-ortho nitro benzene ring substituents is 1. The normalized spacial score (nSPS) is 14.7. The number of ether oxygens (including phenoxy) is 1. The second kappa shape index (κ2) is 10.1. The van der Waals surface area contributed by atoms with Gasteiger partial charge in [0.2, 0.25) is 0 Å². The molecule has 0 saturated carbocycles. The molecule has 0 N–H and O–H groups in total. The van der Waals surface area contributed by atoms with Crippen LogP contribution in [0.4, 0.5) is 21.9 Å². The Morgan fingerprint density at radius 1 is 0.846 bits per heavy atom. The first kappa shape index (κ1) is 25.2. The van der Waals surface area contributed by atoms with Crippen LogP contribution in [0.1, 0.15) is 11.3 Å². The first-order valence-corrected chi connectivity index (χ1v) is 11.8. The number of carbonyl (C=O) groups is 3. The zero-order valence-electron chi connectivity index (χ0n) is 20.9. The van der Waals surface area contributed by atoms with E-state index in [9.17, 15) is 24.5 Å². The molecule has 4 aromatic rings. The van der Waals surface area contributed by atoms with Crippen molar-refractivity contribution < 1.29 is 28.5 Å². The SMILES string of the molecule is COc1ccc([N+](=O)[O-])cc1-c1ccc(/C=C2\C(=O)N(c3ccccc3)C(=O)N(c3ccc(C)cc3)C2=O)o1. The zero-order chi connectivity index (χ0) is 27.7. The average molecular weight is 524 g/mol. The number of hydrogen-bond acceptors (Lipinski definition) is 7. The van der Waals surface area contributed by atoms with Gasteiger partial charge in [0.25, 0.3) is 17.5 Å². The molecule has 0 unspecified atom stereocenters. The summed E-state index contributed by atoms with van der Waals surface area (Å²) in [7, 11) is 1.42. The van der Waals surface area contributed by atoms with Gasteiger partial charge in [0.15, 0.2) is 0 Å². The molecule has 0 aliphatic carbocycles. The zero-order valence-corrected chi connectivity index (χ0v) is 20.9. The molecule has 5 rings (SSSR count). The number of furan rings is 1. The number of barbiturate groups is 1. The molecule has 1 fully saturated rings. The Morgan fingerprint density at radius 3 is 2.10 bits per heavy atom. The molecule has 4 amide bonds. The summed E-state index contributed by atoms with van der Waals surface area (Å²) in [5.41, 5.74) is 1.39. The van der Waals surface area contributed by atoms with Gasteiger partial charge >= 0.3 is 6.03 Å². The quantitative estimate of drug-likeness (QED) is 0.136. The van der Waals surface area contributed by atoms with Crippen molar-refractivity contribution in [3.05, 3.63) is 112 Å². The molecule has 1 aliphatic heterocycles. The molecule has 39 heavy (non-hydrogen) atoms. The predicted molar refractivity (Wildman–Crippen MR) is 143 cm³/mol. The van der Waals surface area contributed by atoms with Crippen LogP contribution in [0.15, 0.2) is 94.9 Å². The van der Waals surface area contributed by atoms with E-state index >= 15 is 0 Å². The monoisotopic (exact) mass is 523 g/mol. The van der Waals surface area contributed by atoms with Crippen molar-refractivity contribution in [1.82, 2.24) is 0 Å². The van der Waals surface area contributed by atoms with E-state index in [0.717, 1.165) is 15.4 Å². The summed E-state index contributed by atoms with van der Waals surface area (Å²) < 4.78 is 11.2. The minimum Gasteiger partial charge on any atom is -0.496 e. The van der Waals surface area contributed by atoms with Crippen LogP contribution in [-0.2, 0) is 9.59 Å². The smallest absolute Gasteiger partial charge is 0.343 e. The second-order valence-electron chi connectivity index (χ2n) is 8.64. The number of imide groups is 2. The number of nitro benzene ring substituents is 1. The van der Waals surface area contributed by atoms with Crippen LogP contribution in [0.25, 0.3) is 17.4 Å². The highest BCUT2D eigenvalue weighted by molar-refractivity contribution is 6.46. The fourth-order valence-electron chi connectivity index (χ4n) is 4.18. The van der Waals surface area contributed by atoms with Crippen molar-refractivity contribution >= 4 is 41.0 Å². The van der Waals surface area contributed by atoms with Crippen molar-refractivity contribution in [2.24, 2.45) is 0 Å². The van der Waals surface area contributed by atoms with Gasteiger partial charge in [-0.05, 0) is 55.5 Å². The van der Waals surface area contributed by atoms with Gasteiger partial charge in [0, 0.05) is 12.1 Å². The van der Waals surface area contributed by atoms with E-state index in [2.05, 4.69) is 0 Å². The number of amides is 4. The highest BCUT2D eigenvalue weighted by atomic mass is 16.6. The summed E-state index contributed by atoms with van der Waals surface area (Å²) in [6, 6.07) is 21.4. The number of hydrogen-bond donors (Lipinski definition) is 0. The molecule has 1 aromatic heterocycles. The predicted octanol–water partition coefficient (Wildman–Crippen LogP) is 5.76. The molecule has 1 saturated heterocycles. The molecule has 0 bridgehead atoms. The summed E-state index contributed by atoms with van der Waals surface area (Å²) in [6.07, 6.45) is 1.25. The number of carbonyl (C=O) groups excluding carboxylic acids is 3. The molecule has 0 spiro atoms. The van der Waals surface area contributed by atoms with Crippen LogP contribution in [-0.4, -0.2) is 29.9 Å². The van der Waals surface area contributed by atoms with E-state index in [1.54, 1.807) is 60.7 Å². The summed E-state index contributed by atoms with van der Waals surface area (Å²) in [5.74, 6) is -0.936. The maximum absolute atomic E-state index is 13.6. The van der Waals surface area contributed by atoms with Crippen LogP contribution in [0.2, 0.25) is 0 Å². The van der Waals surface area contributed by atoms with E-state index in [0.29, 0.717) is 22.7 Å². The molecule has 3 aromatic carbocycles. The van der Waals surface area contributed by atoms with Gasteiger partial charge < -0.3 is 9.15 Å². The van der Waals surface area contributed by atoms with Crippen molar-refractivity contribution in [2.75, 3.05) is 16.9 Å². The van der Waals surface area contributed by atoms with E-state index < -0.39 is 22.8 Å². The van der Waals surface area contributed by atoms with Gasteiger partial charge in [0.1, 0.15) is 22.8 Å². The largest absolute Gasteiger partial charge is 0.496 e. The maximum Gasteiger partial charge on any atom is 0.343 e. The second-order valence-corrected chi connectivity index (χ2v) is 8.64. The minimum atomic E-state index is -0.814. The maximum atomic E-state index is 13.6. The molecule has 0 atom stereocenters. The Balaban J connectivity index is 1.60. The van der Waals surface area contributed by atoms with Gasteiger partial charge in [-0.15, -0.1) is 0 Å². The highest BCUT2D eigenvalue weighted by Crippen LogP contribution is 2.35. The molecule has 2 heterocycles. The molecular weight excluding hydrogens is 502 g/mol. The van der Waals surface area contributed by atoms with Crippen molar-refractivity contribution in [3.8, 4) is 17.1 Å². The van der Waals surface area contributed by atoms with Crippen LogP contribution < -0.4 is 14.5 Å². The summed E-state index contributed by atoms with van der Waals surface area (Å²) >= 11 is 0. The Kier molecular flexibility index (Phi) is 6.51. The lowest BCUT2D eigenvalue weighted by molar-refractivity contribution is -0.384. The number of nitro groups is 1. The van der Waals surface area contributed by atoms with Crippen LogP contribution in [0, 0.1) is 17.0 Å². The Hall–Kier alpha value is -5.51. The van der Waals surface area contributed by atoms with Crippen molar-refractivity contribution in [1.29, 1.82) is 0 Å². The average Bonchev–Trinajstić information content (AvgIpc) is 3.41. The number of anilines is 2. The minimum absolute atomic E-state index is 0.126. The molecule has 194 valence electrons. The first-order chi connectivity index (χ1) is 18.8. The number of benzene rings is 3. The lowest BCUT2D eigenvalue weighted by Crippen LogP contribution is -2.57. The number of para-hydroxylation sites is 1. The van der Waals surface area contributed by atoms with E-state index in [4.69, 9.17) is 9.15 Å². The van der Waals surface area contributed by atoms with Crippen molar-refractivity contribution in [3.63, 3.8) is 0 Å². The van der Waals surface area contributed by atoms with Gasteiger partial charge in [0.05, 0.1) is 29.0 Å². The first-order valence-electron chi connectivity index (χ1n) is 11.8. The summed E-state index contributed by atoms with van der Waals surface area (Å²) in [5, 5.41) is 11.3. The number of aryl methyl sites for hydroxylation is 1. The van der Waals surface area contributed by atoms with Gasteiger partial charge in [-0.2, -0.15) is 0 Å². The molecular formula is C29H21N3O7. The Bertz CT molecular complexity index is 1640. The van der Waals surface area contributed by atoms with Crippen LogP contribution in [0.3, 0.4) is 0 Å². The van der Waals surface area contributed by atoms with Gasteiger partial charge in [-0.3, -0.25) is 19.7 Å². The number of nitrogens with zero attached hydrogens (tertiary/aromatic N) is 3. The fraction of sp³-hybridized carbons (Fsp3) is 0.0690. The third-order valence-electron chi connectivity index (χ3n) is 6.13. The number of urea groups is 1. The van der Waals surface area contributed by atoms with Gasteiger partial charge in [-0.1, -0.05) is 35.9 Å². The lowest BCUT2D eigenvalue weighted by atomic mass is 10.1. The Labute approximate surface area is 222 Å². The lowest BCUT2D eigenvalue weighted by Gasteiger charge is -2.33. The van der Waals surface area contributed by atoms with E-state index in [-0.39, 0.29) is 22.8 Å². The van der Waals surface area contributed by atoms with E-state index in [1.807, 2.05) is 6.92 Å². The molecule has 10 heteroatoms. The third kappa shape index (κ3) is 4.66. The highest BCUT2D eigenvalue weighted by Gasteiger charge is 2.43. The van der Waals surface area contributed by atoms with Crippen molar-refractivity contribution in [2.45, 2.75) is 6.92 Å². The Morgan fingerprint density at radius 2 is 1.49 bits per heavy atom. The molecule has 1 aliphatic rings. The molecule has 0 radical (unpaired) electrons. The summed E-state index contributed by atoms with van der Waals surface area (Å²) in [6.45, 7) is 1.87. The third-order valence-corrected chi connectivity index (χ3v) is 6.13. The fourth-order valence-corrected chi connectivity index (χ4v) is 4.18. The molecule has 10 nitrogen and oxygen atoms in total. The van der Waals surface area contributed by atoms with Gasteiger partial charge in [-0.25, -0.2) is 14.6 Å². The van der Waals surface area contributed by atoms with Crippen LogP contribution >= 0.6 is 0 Å². The summed E-state index contributed by atoms with van der Waals surface area (Å²) in [4.78, 5) is 53.2.